The molecule has 0 saturated carbocycles. The van der Waals surface area contributed by atoms with Gasteiger partial charge in [0, 0.05) is 22.7 Å². The van der Waals surface area contributed by atoms with E-state index in [9.17, 15) is 13.2 Å². The van der Waals surface area contributed by atoms with Gasteiger partial charge in [0.2, 0.25) is 0 Å². The number of nitrogens with zero attached hydrogens (tertiary/aromatic N) is 3. The van der Waals surface area contributed by atoms with Crippen LogP contribution in [0.25, 0.3) is 28.0 Å². The summed E-state index contributed by atoms with van der Waals surface area (Å²) in [6.07, 6.45) is -0.597. The molecule has 0 bridgehead atoms. The number of pyridine rings is 1. The summed E-state index contributed by atoms with van der Waals surface area (Å²) < 4.78 is 38.2. The van der Waals surface area contributed by atoms with Crippen molar-refractivity contribution in [1.82, 2.24) is 15.0 Å². The normalized spacial score (nSPS) is 12.2. The van der Waals surface area contributed by atoms with Gasteiger partial charge >= 0.3 is 6.18 Å². The van der Waals surface area contributed by atoms with Crippen molar-refractivity contribution in [2.75, 3.05) is 0 Å². The first-order valence-corrected chi connectivity index (χ1v) is 7.68. The highest BCUT2D eigenvalue weighted by molar-refractivity contribution is 5.79. The molecule has 0 aliphatic carbocycles. The highest BCUT2D eigenvalue weighted by Gasteiger charge is 2.30. The average molecular weight is 353 g/mol. The minimum Gasteiger partial charge on any atom is -0.244 e. The van der Waals surface area contributed by atoms with E-state index in [-0.39, 0.29) is 5.57 Å². The van der Waals surface area contributed by atoms with Gasteiger partial charge in [-0.25, -0.2) is 15.0 Å². The third-order valence-electron chi connectivity index (χ3n) is 3.68. The monoisotopic (exact) mass is 353 g/mol. The lowest BCUT2D eigenvalue weighted by Gasteiger charge is -2.09. The fourth-order valence-electron chi connectivity index (χ4n) is 2.32. The summed E-state index contributed by atoms with van der Waals surface area (Å²) in [4.78, 5) is 13.1. The van der Waals surface area contributed by atoms with Crippen LogP contribution in [0.15, 0.2) is 79.5 Å². The second kappa shape index (κ2) is 6.92. The molecule has 1 aromatic carbocycles. The number of para-hydroxylation sites is 1. The maximum Gasteiger partial charge on any atom is 0.415 e. The first-order valence-electron chi connectivity index (χ1n) is 7.68. The summed E-state index contributed by atoms with van der Waals surface area (Å²) in [5.41, 5.74) is 0.796. The Kier molecular flexibility index (Phi) is 4.67. The smallest absolute Gasteiger partial charge is 0.244 e. The maximum absolute atomic E-state index is 12.7. The molecule has 3 nitrogen and oxygen atoms in total. The highest BCUT2D eigenvalue weighted by atomic mass is 19.4. The van der Waals surface area contributed by atoms with Gasteiger partial charge in [0.15, 0.2) is 5.82 Å². The van der Waals surface area contributed by atoms with E-state index in [2.05, 4.69) is 28.1 Å². The van der Waals surface area contributed by atoms with E-state index in [4.69, 9.17) is 0 Å². The molecule has 130 valence electrons. The third-order valence-corrected chi connectivity index (χ3v) is 3.68. The number of benzene rings is 1. The van der Waals surface area contributed by atoms with Crippen LogP contribution >= 0.6 is 0 Å². The van der Waals surface area contributed by atoms with Crippen molar-refractivity contribution in [2.24, 2.45) is 0 Å². The lowest BCUT2D eigenvalue weighted by atomic mass is 10.1. The summed E-state index contributed by atoms with van der Waals surface area (Å²) in [6.45, 7) is 6.62. The van der Waals surface area contributed by atoms with Crippen LogP contribution in [0, 0.1) is 0 Å². The lowest BCUT2D eigenvalue weighted by Crippen LogP contribution is -2.09. The van der Waals surface area contributed by atoms with Gasteiger partial charge in [-0.05, 0) is 24.3 Å². The molecule has 3 rings (SSSR count). The van der Waals surface area contributed by atoms with E-state index < -0.39 is 11.7 Å². The van der Waals surface area contributed by atoms with E-state index in [1.807, 2.05) is 24.3 Å². The van der Waals surface area contributed by atoms with Crippen LogP contribution in [0.1, 0.15) is 5.69 Å². The van der Waals surface area contributed by atoms with Crippen LogP contribution in [-0.2, 0) is 0 Å². The molecule has 0 atom stereocenters. The zero-order valence-corrected chi connectivity index (χ0v) is 13.7. The van der Waals surface area contributed by atoms with Gasteiger partial charge in [-0.3, -0.25) is 0 Å². The van der Waals surface area contributed by atoms with Crippen LogP contribution in [0.4, 0.5) is 13.2 Å². The molecule has 2 heterocycles. The molecule has 0 N–H and O–H groups in total. The predicted molar refractivity (Wildman–Crippen MR) is 96.1 cm³/mol. The Morgan fingerprint density at radius 3 is 2.50 bits per heavy atom. The Bertz CT molecular complexity index is 1020. The van der Waals surface area contributed by atoms with Crippen molar-refractivity contribution in [2.45, 2.75) is 6.18 Å². The molecule has 0 aliphatic heterocycles. The van der Waals surface area contributed by atoms with Crippen molar-refractivity contribution in [3.8, 4) is 11.5 Å². The van der Waals surface area contributed by atoms with Crippen LogP contribution in [0.5, 0.6) is 0 Å². The Hall–Kier alpha value is -3.28. The van der Waals surface area contributed by atoms with Gasteiger partial charge in [0.05, 0.1) is 11.2 Å². The molecule has 0 aliphatic rings. The molecule has 0 amide bonds. The van der Waals surface area contributed by atoms with Gasteiger partial charge in [-0.15, -0.1) is 0 Å². The molecule has 0 saturated heterocycles. The van der Waals surface area contributed by atoms with Crippen molar-refractivity contribution in [3.63, 3.8) is 0 Å². The van der Waals surface area contributed by atoms with E-state index in [0.29, 0.717) is 17.2 Å². The van der Waals surface area contributed by atoms with Gasteiger partial charge in [0.1, 0.15) is 5.69 Å². The minimum absolute atomic E-state index is 0.218. The van der Waals surface area contributed by atoms with Gasteiger partial charge < -0.3 is 0 Å². The molecule has 6 heteroatoms. The fourth-order valence-corrected chi connectivity index (χ4v) is 2.32. The molecule has 0 radical (unpaired) electrons. The van der Waals surface area contributed by atoms with Gasteiger partial charge in [0.25, 0.3) is 0 Å². The number of allylic oxidation sites excluding steroid dienone is 4. The second-order valence-corrected chi connectivity index (χ2v) is 5.49. The van der Waals surface area contributed by atoms with Crippen LogP contribution in [0.2, 0.25) is 0 Å². The molecule has 0 spiro atoms. The summed E-state index contributed by atoms with van der Waals surface area (Å²) in [6, 6.07) is 12.5. The van der Waals surface area contributed by atoms with E-state index in [1.54, 1.807) is 24.4 Å². The van der Waals surface area contributed by atoms with Crippen LogP contribution < -0.4 is 0 Å². The average Bonchev–Trinajstić information content (AvgIpc) is 2.64. The van der Waals surface area contributed by atoms with Crippen molar-refractivity contribution < 1.29 is 13.2 Å². The van der Waals surface area contributed by atoms with Crippen molar-refractivity contribution in [3.05, 3.63) is 85.2 Å². The first-order chi connectivity index (χ1) is 12.4. The summed E-state index contributed by atoms with van der Waals surface area (Å²) in [5, 5.41) is 0.889. The number of halogens is 3. The Labute approximate surface area is 148 Å². The highest BCUT2D eigenvalue weighted by Crippen LogP contribution is 2.28. The Morgan fingerprint density at radius 2 is 1.77 bits per heavy atom. The molecule has 2 aromatic heterocycles. The van der Waals surface area contributed by atoms with E-state index in [0.717, 1.165) is 17.0 Å². The Balaban J connectivity index is 2.02. The topological polar surface area (TPSA) is 38.7 Å². The fraction of sp³-hybridized carbons (Fsp3) is 0.0500. The first kappa shape index (κ1) is 17.5. The maximum atomic E-state index is 12.7. The van der Waals surface area contributed by atoms with Crippen molar-refractivity contribution in [1.29, 1.82) is 0 Å². The SMILES string of the molecule is C=C/C(=C\C(=C)C(F)(F)F)c1cccc(-c2ncc3ccccc3n2)n1. The lowest BCUT2D eigenvalue weighted by molar-refractivity contribution is -0.0877. The molecular formula is C20H14F3N3. The summed E-state index contributed by atoms with van der Waals surface area (Å²) >= 11 is 0. The van der Waals surface area contributed by atoms with Crippen LogP contribution in [-0.4, -0.2) is 21.1 Å². The quantitative estimate of drug-likeness (QED) is 0.591. The Morgan fingerprint density at radius 1 is 1.00 bits per heavy atom. The zero-order valence-electron chi connectivity index (χ0n) is 13.7. The molecule has 26 heavy (non-hydrogen) atoms. The van der Waals surface area contributed by atoms with E-state index >= 15 is 0 Å². The van der Waals surface area contributed by atoms with Crippen LogP contribution in [0.3, 0.4) is 0 Å². The van der Waals surface area contributed by atoms with Gasteiger partial charge in [-0.2, -0.15) is 13.2 Å². The minimum atomic E-state index is -4.51. The molecular weight excluding hydrogens is 339 g/mol. The van der Waals surface area contributed by atoms with E-state index in [1.165, 1.54) is 6.08 Å². The molecule has 0 fully saturated rings. The largest absolute Gasteiger partial charge is 0.415 e. The number of aromatic nitrogens is 3. The summed E-state index contributed by atoms with van der Waals surface area (Å²) in [7, 11) is 0. The summed E-state index contributed by atoms with van der Waals surface area (Å²) in [5.74, 6) is 0.392. The van der Waals surface area contributed by atoms with Gasteiger partial charge in [-0.1, -0.05) is 43.5 Å². The third kappa shape index (κ3) is 3.69. The molecule has 0 unspecified atom stereocenters. The second-order valence-electron chi connectivity index (χ2n) is 5.49. The molecule has 3 aromatic rings. The standard InChI is InChI=1S/C20H14F3N3/c1-3-14(11-13(2)20(21,22)23)16-9-6-10-18(25-16)19-24-12-15-7-4-5-8-17(15)26-19/h3-12H,1-2H2/b14-11+. The number of hydrogen-bond donors (Lipinski definition) is 0. The zero-order chi connectivity index (χ0) is 18.7. The predicted octanol–water partition coefficient (Wildman–Crippen LogP) is 5.38. The number of fused-ring (bicyclic) bond motifs is 1. The number of hydrogen-bond acceptors (Lipinski definition) is 3. The number of alkyl halides is 3. The number of rotatable bonds is 4. The van der Waals surface area contributed by atoms with Crippen molar-refractivity contribution >= 4 is 16.5 Å².